The zero-order chi connectivity index (χ0) is 12.9. The monoisotopic (exact) mass is 245 g/mol. The fraction of sp³-hybridized carbons (Fsp3) is 0.273. The summed E-state index contributed by atoms with van der Waals surface area (Å²) in [6.07, 6.45) is -5.95. The van der Waals surface area contributed by atoms with E-state index >= 15 is 0 Å². The minimum absolute atomic E-state index is 0.0255. The maximum Gasteiger partial charge on any atom is 0.434 e. The first-order valence-electron chi connectivity index (χ1n) is 4.83. The Hall–Kier alpha value is -1.85. The summed E-state index contributed by atoms with van der Waals surface area (Å²) in [5, 5.41) is 0. The van der Waals surface area contributed by atoms with Crippen molar-refractivity contribution in [2.45, 2.75) is 13.1 Å². The first-order chi connectivity index (χ1) is 7.95. The molecule has 0 saturated heterocycles. The summed E-state index contributed by atoms with van der Waals surface area (Å²) in [6, 6.07) is 6.89. The second-order valence-electron chi connectivity index (χ2n) is 3.02. The number of carbonyl (C=O) groups excluding carboxylic acids is 1. The van der Waals surface area contributed by atoms with Crippen LogP contribution in [0.4, 0.5) is 18.0 Å². The molecule has 0 bridgehead atoms. The lowest BCUT2D eigenvalue weighted by molar-refractivity contribution is -0.0582. The van der Waals surface area contributed by atoms with E-state index in [4.69, 9.17) is 0 Å². The Kier molecular flexibility index (Phi) is 4.25. The molecule has 1 aromatic carbocycles. The van der Waals surface area contributed by atoms with Crippen molar-refractivity contribution in [1.29, 1.82) is 0 Å². The van der Waals surface area contributed by atoms with Crippen LogP contribution in [0.2, 0.25) is 0 Å². The van der Waals surface area contributed by atoms with E-state index in [-0.39, 0.29) is 12.2 Å². The Balaban J connectivity index is 3.10. The van der Waals surface area contributed by atoms with E-state index in [9.17, 15) is 18.0 Å². The summed E-state index contributed by atoms with van der Waals surface area (Å²) >= 11 is 0. The standard InChI is InChI=1S/C11H10F3NO2/c1-2-17-10(16)15-9(11(12,13)14)8-6-4-3-5-7-8/h3-7H,2H2,1H3. The Morgan fingerprint density at radius 2 is 1.88 bits per heavy atom. The summed E-state index contributed by atoms with van der Waals surface area (Å²) in [5.41, 5.74) is -1.43. The van der Waals surface area contributed by atoms with Crippen molar-refractivity contribution in [3.63, 3.8) is 0 Å². The molecule has 3 nitrogen and oxygen atoms in total. The van der Waals surface area contributed by atoms with Gasteiger partial charge in [-0.25, -0.2) is 4.79 Å². The molecule has 17 heavy (non-hydrogen) atoms. The number of benzene rings is 1. The minimum Gasteiger partial charge on any atom is -0.448 e. The van der Waals surface area contributed by atoms with Crippen LogP contribution in [0, 0.1) is 0 Å². The van der Waals surface area contributed by atoms with E-state index in [1.54, 1.807) is 6.07 Å². The van der Waals surface area contributed by atoms with Crippen LogP contribution in [0.3, 0.4) is 0 Å². The number of hydrogen-bond acceptors (Lipinski definition) is 2. The van der Waals surface area contributed by atoms with Gasteiger partial charge in [0.2, 0.25) is 0 Å². The largest absolute Gasteiger partial charge is 0.448 e. The molecule has 0 N–H and O–H groups in total. The van der Waals surface area contributed by atoms with Gasteiger partial charge in [0.1, 0.15) is 0 Å². The highest BCUT2D eigenvalue weighted by molar-refractivity contribution is 6.08. The first kappa shape index (κ1) is 13.2. The number of carbonyl (C=O) groups is 1. The number of aliphatic imine (C=N–C) groups is 1. The molecule has 1 amide bonds. The molecule has 0 aromatic heterocycles. The lowest BCUT2D eigenvalue weighted by atomic mass is 10.1. The number of ether oxygens (including phenoxy) is 1. The fourth-order valence-electron chi connectivity index (χ4n) is 1.13. The van der Waals surface area contributed by atoms with Gasteiger partial charge in [-0.1, -0.05) is 30.3 Å². The Labute approximate surface area is 95.9 Å². The third-order valence-corrected chi connectivity index (χ3v) is 1.79. The topological polar surface area (TPSA) is 38.7 Å². The smallest absolute Gasteiger partial charge is 0.434 e. The molecule has 0 aliphatic carbocycles. The van der Waals surface area contributed by atoms with E-state index in [0.29, 0.717) is 0 Å². The number of rotatable bonds is 2. The molecule has 92 valence electrons. The van der Waals surface area contributed by atoms with Gasteiger partial charge in [0, 0.05) is 5.56 Å². The maximum absolute atomic E-state index is 12.7. The minimum atomic E-state index is -4.70. The van der Waals surface area contributed by atoms with Crippen molar-refractivity contribution < 1.29 is 22.7 Å². The second kappa shape index (κ2) is 5.47. The van der Waals surface area contributed by atoms with Crippen LogP contribution < -0.4 is 0 Å². The van der Waals surface area contributed by atoms with Crippen LogP contribution in [0.25, 0.3) is 0 Å². The lowest BCUT2D eigenvalue weighted by Gasteiger charge is -2.09. The van der Waals surface area contributed by atoms with Crippen molar-refractivity contribution in [1.82, 2.24) is 0 Å². The van der Waals surface area contributed by atoms with Crippen LogP contribution in [0.5, 0.6) is 0 Å². The zero-order valence-electron chi connectivity index (χ0n) is 8.99. The SMILES string of the molecule is CCOC(=O)N=C(c1ccccc1)C(F)(F)F. The van der Waals surface area contributed by atoms with Gasteiger partial charge in [0.15, 0.2) is 5.71 Å². The van der Waals surface area contributed by atoms with E-state index in [1.807, 2.05) is 0 Å². The average molecular weight is 245 g/mol. The third-order valence-electron chi connectivity index (χ3n) is 1.79. The zero-order valence-corrected chi connectivity index (χ0v) is 8.99. The summed E-state index contributed by atoms with van der Waals surface area (Å²) < 4.78 is 42.4. The van der Waals surface area contributed by atoms with Crippen molar-refractivity contribution in [2.75, 3.05) is 6.61 Å². The fourth-order valence-corrected chi connectivity index (χ4v) is 1.13. The highest BCUT2D eigenvalue weighted by Crippen LogP contribution is 2.22. The highest BCUT2D eigenvalue weighted by Gasteiger charge is 2.37. The second-order valence-corrected chi connectivity index (χ2v) is 3.02. The number of amides is 1. The van der Waals surface area contributed by atoms with Crippen LogP contribution in [-0.2, 0) is 4.74 Å². The molecule has 0 saturated carbocycles. The van der Waals surface area contributed by atoms with E-state index in [0.717, 1.165) is 0 Å². The molecule has 1 rings (SSSR count). The van der Waals surface area contributed by atoms with Crippen molar-refractivity contribution in [2.24, 2.45) is 4.99 Å². The Morgan fingerprint density at radius 3 is 2.35 bits per heavy atom. The molecule has 0 spiro atoms. The maximum atomic E-state index is 12.7. The van der Waals surface area contributed by atoms with Gasteiger partial charge in [-0.3, -0.25) is 0 Å². The summed E-state index contributed by atoms with van der Waals surface area (Å²) in [7, 11) is 0. The molecule has 0 aliphatic rings. The predicted octanol–water partition coefficient (Wildman–Crippen LogP) is 3.19. The van der Waals surface area contributed by atoms with Crippen LogP contribution in [-0.4, -0.2) is 24.6 Å². The van der Waals surface area contributed by atoms with E-state index in [1.165, 1.54) is 31.2 Å². The predicted molar refractivity (Wildman–Crippen MR) is 56.1 cm³/mol. The molecule has 0 fully saturated rings. The third kappa shape index (κ3) is 3.90. The van der Waals surface area contributed by atoms with Crippen LogP contribution >= 0.6 is 0 Å². The van der Waals surface area contributed by atoms with Gasteiger partial charge in [0.25, 0.3) is 0 Å². The number of alkyl halides is 3. The van der Waals surface area contributed by atoms with Gasteiger partial charge in [-0.15, -0.1) is 0 Å². The van der Waals surface area contributed by atoms with Crippen molar-refractivity contribution in [3.8, 4) is 0 Å². The van der Waals surface area contributed by atoms with Crippen LogP contribution in [0.15, 0.2) is 35.3 Å². The molecule has 0 unspecified atom stereocenters. The quantitative estimate of drug-likeness (QED) is 0.750. The molecule has 6 heteroatoms. The normalized spacial score (nSPS) is 12.4. The van der Waals surface area contributed by atoms with Gasteiger partial charge >= 0.3 is 12.3 Å². The van der Waals surface area contributed by atoms with Crippen molar-refractivity contribution in [3.05, 3.63) is 35.9 Å². The van der Waals surface area contributed by atoms with Gasteiger partial charge in [-0.05, 0) is 6.92 Å². The van der Waals surface area contributed by atoms with Gasteiger partial charge in [0.05, 0.1) is 6.61 Å². The molecule has 0 aliphatic heterocycles. The summed E-state index contributed by atoms with van der Waals surface area (Å²) in [6.45, 7) is 1.46. The molecule has 0 radical (unpaired) electrons. The van der Waals surface area contributed by atoms with Gasteiger partial charge < -0.3 is 4.74 Å². The van der Waals surface area contributed by atoms with E-state index < -0.39 is 18.0 Å². The number of halogens is 3. The molecule has 1 aromatic rings. The van der Waals surface area contributed by atoms with E-state index in [2.05, 4.69) is 9.73 Å². The highest BCUT2D eigenvalue weighted by atomic mass is 19.4. The molecule has 0 heterocycles. The Bertz CT molecular complexity index is 412. The van der Waals surface area contributed by atoms with Crippen LogP contribution in [0.1, 0.15) is 12.5 Å². The average Bonchev–Trinajstić information content (AvgIpc) is 2.26. The van der Waals surface area contributed by atoms with Gasteiger partial charge in [-0.2, -0.15) is 18.2 Å². The first-order valence-corrected chi connectivity index (χ1v) is 4.83. The number of hydrogen-bond donors (Lipinski definition) is 0. The summed E-state index contributed by atoms with van der Waals surface area (Å²) in [5.74, 6) is 0. The molecule has 0 atom stereocenters. The lowest BCUT2D eigenvalue weighted by Crippen LogP contribution is -2.25. The molecular formula is C11H10F3NO2. The Morgan fingerprint density at radius 1 is 1.29 bits per heavy atom. The summed E-state index contributed by atoms with van der Waals surface area (Å²) in [4.78, 5) is 13.9. The molecular weight excluding hydrogens is 235 g/mol. The van der Waals surface area contributed by atoms with Crippen molar-refractivity contribution >= 4 is 11.8 Å². The number of nitrogens with zero attached hydrogens (tertiary/aromatic N) is 1.